The summed E-state index contributed by atoms with van der Waals surface area (Å²) in [4.78, 5) is 25.3. The molecule has 0 bridgehead atoms. The molecule has 0 aromatic rings. The third-order valence-corrected chi connectivity index (χ3v) is 3.66. The summed E-state index contributed by atoms with van der Waals surface area (Å²) in [5.74, 6) is -0.406. The van der Waals surface area contributed by atoms with Crippen LogP contribution in [0.1, 0.15) is 26.7 Å². The summed E-state index contributed by atoms with van der Waals surface area (Å²) in [7, 11) is 3.04. The molecule has 1 aliphatic heterocycles. The smallest absolute Gasteiger partial charge is 0.309 e. The zero-order valence-electron chi connectivity index (χ0n) is 11.0. The molecule has 0 aromatic carbocycles. The molecule has 1 heterocycles. The zero-order valence-corrected chi connectivity index (χ0v) is 11.0. The predicted molar refractivity (Wildman–Crippen MR) is 64.4 cm³/mol. The van der Waals surface area contributed by atoms with Crippen LogP contribution in [0.15, 0.2) is 0 Å². The van der Waals surface area contributed by atoms with Gasteiger partial charge in [-0.2, -0.15) is 0 Å². The molecule has 1 rings (SSSR count). The van der Waals surface area contributed by atoms with Crippen molar-refractivity contribution in [2.24, 2.45) is 5.92 Å². The van der Waals surface area contributed by atoms with E-state index in [4.69, 9.17) is 4.74 Å². The number of ether oxygens (including phenoxy) is 1. The molecule has 1 fully saturated rings. The lowest BCUT2D eigenvalue weighted by Crippen LogP contribution is -2.49. The van der Waals surface area contributed by atoms with Crippen molar-refractivity contribution in [1.82, 2.24) is 10.2 Å². The molecule has 17 heavy (non-hydrogen) atoms. The van der Waals surface area contributed by atoms with Gasteiger partial charge in [-0.1, -0.05) is 6.92 Å². The van der Waals surface area contributed by atoms with Gasteiger partial charge in [-0.15, -0.1) is 0 Å². The van der Waals surface area contributed by atoms with E-state index in [1.807, 2.05) is 13.8 Å². The monoisotopic (exact) mass is 242 g/mol. The molecule has 1 N–H and O–H groups in total. The number of carbonyl (C=O) groups excluding carboxylic acids is 2. The minimum atomic E-state index is -0.222. The van der Waals surface area contributed by atoms with Crippen LogP contribution >= 0.6 is 0 Å². The van der Waals surface area contributed by atoms with Crippen molar-refractivity contribution in [2.45, 2.75) is 38.8 Å². The fourth-order valence-corrected chi connectivity index (χ4v) is 2.39. The molecule has 5 heteroatoms. The fraction of sp³-hybridized carbons (Fsp3) is 0.833. The van der Waals surface area contributed by atoms with Gasteiger partial charge in [0.15, 0.2) is 0 Å². The maximum Gasteiger partial charge on any atom is 0.309 e. The molecule has 0 spiro atoms. The van der Waals surface area contributed by atoms with Crippen LogP contribution in [0.25, 0.3) is 0 Å². The maximum absolute atomic E-state index is 11.7. The third kappa shape index (κ3) is 2.97. The first-order valence-corrected chi connectivity index (χ1v) is 6.08. The Morgan fingerprint density at radius 3 is 2.59 bits per heavy atom. The Kier molecular flexibility index (Phi) is 4.93. The highest BCUT2D eigenvalue weighted by Crippen LogP contribution is 2.24. The average molecular weight is 242 g/mol. The van der Waals surface area contributed by atoms with Crippen LogP contribution < -0.4 is 5.32 Å². The van der Waals surface area contributed by atoms with E-state index in [-0.39, 0.29) is 29.9 Å². The molecule has 0 radical (unpaired) electrons. The first-order chi connectivity index (χ1) is 8.02. The highest BCUT2D eigenvalue weighted by Gasteiger charge is 2.37. The molecule has 0 aliphatic carbocycles. The lowest BCUT2D eigenvalue weighted by Gasteiger charge is -2.32. The molecule has 5 nitrogen and oxygen atoms in total. The summed E-state index contributed by atoms with van der Waals surface area (Å²) >= 11 is 0. The van der Waals surface area contributed by atoms with Gasteiger partial charge in [0.1, 0.15) is 0 Å². The van der Waals surface area contributed by atoms with E-state index in [2.05, 4.69) is 10.2 Å². The largest absolute Gasteiger partial charge is 0.469 e. The third-order valence-electron chi connectivity index (χ3n) is 3.66. The van der Waals surface area contributed by atoms with Crippen LogP contribution in [0.2, 0.25) is 0 Å². The van der Waals surface area contributed by atoms with Crippen LogP contribution in [0.5, 0.6) is 0 Å². The molecule has 1 saturated heterocycles. The van der Waals surface area contributed by atoms with Gasteiger partial charge in [-0.05, 0) is 26.3 Å². The van der Waals surface area contributed by atoms with E-state index in [0.717, 1.165) is 19.4 Å². The van der Waals surface area contributed by atoms with Gasteiger partial charge in [0.25, 0.3) is 0 Å². The topological polar surface area (TPSA) is 58.6 Å². The minimum Gasteiger partial charge on any atom is -0.469 e. The highest BCUT2D eigenvalue weighted by molar-refractivity contribution is 5.82. The molecule has 0 saturated carbocycles. The second kappa shape index (κ2) is 6.00. The Bertz CT molecular complexity index is 293. The second-order valence-electron chi connectivity index (χ2n) is 4.56. The number of carbonyl (C=O) groups is 2. The number of rotatable bonds is 4. The van der Waals surface area contributed by atoms with Crippen molar-refractivity contribution < 1.29 is 14.3 Å². The summed E-state index contributed by atoms with van der Waals surface area (Å²) in [6.07, 6.45) is 1.86. The van der Waals surface area contributed by atoms with E-state index in [1.54, 1.807) is 7.05 Å². The van der Waals surface area contributed by atoms with Gasteiger partial charge >= 0.3 is 5.97 Å². The number of methoxy groups -OCH3 is 1. The van der Waals surface area contributed by atoms with E-state index in [1.165, 1.54) is 7.11 Å². The van der Waals surface area contributed by atoms with E-state index in [0.29, 0.717) is 0 Å². The maximum atomic E-state index is 11.7. The predicted octanol–water partition coefficient (Wildman–Crippen LogP) is 0.394. The number of esters is 1. The number of likely N-dealkylation sites (N-methyl/N-ethyl adjacent to an activating group) is 1. The van der Waals surface area contributed by atoms with Crippen molar-refractivity contribution in [3.05, 3.63) is 0 Å². The molecule has 3 unspecified atom stereocenters. The Balaban J connectivity index is 2.70. The van der Waals surface area contributed by atoms with Gasteiger partial charge in [-0.25, -0.2) is 0 Å². The van der Waals surface area contributed by atoms with Crippen LogP contribution in [0, 0.1) is 5.92 Å². The number of hydrogen-bond donors (Lipinski definition) is 1. The summed E-state index contributed by atoms with van der Waals surface area (Å²) in [6, 6.07) is -0.0886. The van der Waals surface area contributed by atoms with Gasteiger partial charge in [0.2, 0.25) is 5.91 Å². The highest BCUT2D eigenvalue weighted by atomic mass is 16.5. The Labute approximate surface area is 102 Å². The summed E-state index contributed by atoms with van der Waals surface area (Å²) in [5.41, 5.74) is 0. The number of nitrogens with one attached hydrogen (secondary N) is 1. The molecule has 98 valence electrons. The normalized spacial score (nSPS) is 24.1. The Morgan fingerprint density at radius 2 is 2.06 bits per heavy atom. The van der Waals surface area contributed by atoms with Crippen molar-refractivity contribution in [3.63, 3.8) is 0 Å². The SMILES string of the molecule is CNC(=O)C1CCCN1C(C)C(C)C(=O)OC. The van der Waals surface area contributed by atoms with Crippen LogP contribution in [0.4, 0.5) is 0 Å². The standard InChI is InChI=1S/C12H22N2O3/c1-8(12(16)17-4)9(2)14-7-5-6-10(14)11(15)13-3/h8-10H,5-7H2,1-4H3,(H,13,15). The second-order valence-corrected chi connectivity index (χ2v) is 4.56. The van der Waals surface area contributed by atoms with Gasteiger partial charge in [-0.3, -0.25) is 14.5 Å². The van der Waals surface area contributed by atoms with Crippen LogP contribution in [-0.2, 0) is 14.3 Å². The first kappa shape index (κ1) is 14.0. The van der Waals surface area contributed by atoms with Crippen LogP contribution in [-0.4, -0.2) is 49.6 Å². The number of hydrogen-bond acceptors (Lipinski definition) is 4. The quantitative estimate of drug-likeness (QED) is 0.725. The van der Waals surface area contributed by atoms with Crippen molar-refractivity contribution in [2.75, 3.05) is 20.7 Å². The molecule has 1 aliphatic rings. The molecule has 1 amide bonds. The zero-order chi connectivity index (χ0) is 13.0. The number of nitrogens with zero attached hydrogens (tertiary/aromatic N) is 1. The van der Waals surface area contributed by atoms with Crippen molar-refractivity contribution >= 4 is 11.9 Å². The Morgan fingerprint density at radius 1 is 1.41 bits per heavy atom. The summed E-state index contributed by atoms with van der Waals surface area (Å²) in [6.45, 7) is 4.68. The molecular formula is C12H22N2O3. The van der Waals surface area contributed by atoms with Gasteiger partial charge in [0.05, 0.1) is 19.1 Å². The fourth-order valence-electron chi connectivity index (χ4n) is 2.39. The van der Waals surface area contributed by atoms with Gasteiger partial charge in [0, 0.05) is 13.1 Å². The molecule has 0 aromatic heterocycles. The summed E-state index contributed by atoms with van der Waals surface area (Å²) < 4.78 is 4.75. The molecule has 3 atom stereocenters. The average Bonchev–Trinajstić information content (AvgIpc) is 2.83. The van der Waals surface area contributed by atoms with Crippen molar-refractivity contribution in [1.29, 1.82) is 0 Å². The van der Waals surface area contributed by atoms with E-state index in [9.17, 15) is 9.59 Å². The van der Waals surface area contributed by atoms with Crippen LogP contribution in [0.3, 0.4) is 0 Å². The summed E-state index contributed by atoms with van der Waals surface area (Å²) in [5, 5.41) is 2.68. The first-order valence-electron chi connectivity index (χ1n) is 6.08. The number of likely N-dealkylation sites (tertiary alicyclic amines) is 1. The van der Waals surface area contributed by atoms with E-state index >= 15 is 0 Å². The number of amides is 1. The molecular weight excluding hydrogens is 220 g/mol. The van der Waals surface area contributed by atoms with Gasteiger partial charge < -0.3 is 10.1 Å². The van der Waals surface area contributed by atoms with Crippen molar-refractivity contribution in [3.8, 4) is 0 Å². The van der Waals surface area contributed by atoms with E-state index < -0.39 is 0 Å². The lowest BCUT2D eigenvalue weighted by atomic mass is 10.0. The lowest BCUT2D eigenvalue weighted by molar-refractivity contribution is -0.147. The minimum absolute atomic E-state index is 0.0206. The Hall–Kier alpha value is -1.10.